The minimum absolute atomic E-state index is 0.0990. The van der Waals surface area contributed by atoms with Gasteiger partial charge in [-0.1, -0.05) is 519 Å². The molecule has 12 heteroatoms. The first kappa shape index (κ1) is 118. The Hall–Kier alpha value is -4.07. The Labute approximate surface area is 791 Å². The van der Waals surface area contributed by atoms with Crippen molar-refractivity contribution < 1.29 is 4.11 Å². The van der Waals surface area contributed by atoms with E-state index in [9.17, 15) is 0 Å². The highest BCUT2D eigenvalue weighted by Crippen LogP contribution is 2.49. The highest BCUT2D eigenvalue weighted by atomic mass is 32.2. The summed E-state index contributed by atoms with van der Waals surface area (Å²) in [6.07, 6.45) is 7.05. The fraction of sp³-hybridized carbons (Fsp3) is 0.625. The van der Waals surface area contributed by atoms with Crippen LogP contribution in [0.1, 0.15) is 277 Å². The molecule has 0 aliphatic heterocycles. The molecule has 0 saturated heterocycles. The minimum Gasteiger partial charge on any atom is -0.370 e. The summed E-state index contributed by atoms with van der Waals surface area (Å²) in [5.74, 6) is 1.12. The average molecular weight is 1840 g/mol. The summed E-state index contributed by atoms with van der Waals surface area (Å²) in [4.78, 5) is 4.70. The number of hydrogen-bond donors (Lipinski definition) is 0. The van der Waals surface area contributed by atoms with E-state index in [-0.39, 0.29) is 21.5 Å². The van der Waals surface area contributed by atoms with Crippen molar-refractivity contribution in [2.45, 2.75) is 395 Å². The Morgan fingerprint density at radius 1 is 0.315 bits per heavy atom. The van der Waals surface area contributed by atoms with Crippen molar-refractivity contribution in [3.63, 3.8) is 0 Å². The predicted molar refractivity (Wildman–Crippen MR) is 601 cm³/mol. The largest absolute Gasteiger partial charge is 0.370 e. The lowest BCUT2D eigenvalue weighted by Crippen LogP contribution is -2.76. The number of hydrogen-bond acceptors (Lipinski definition) is 5. The number of rotatable bonds is 21. The fourth-order valence-corrected chi connectivity index (χ4v) is 30.2. The van der Waals surface area contributed by atoms with Gasteiger partial charge in [0.25, 0.3) is 0 Å². The van der Waals surface area contributed by atoms with Gasteiger partial charge in [0.2, 0.25) is 0 Å². The van der Waals surface area contributed by atoms with Crippen LogP contribution in [0.15, 0.2) is 200 Å². The minimum atomic E-state index is -1.87. The molecular weight excluding hydrogens is 1630 g/mol. The van der Waals surface area contributed by atoms with Crippen LogP contribution in [0.5, 0.6) is 0 Å². The van der Waals surface area contributed by atoms with Crippen LogP contribution >= 0.6 is 11.8 Å². The van der Waals surface area contributed by atoms with Crippen LogP contribution in [0.4, 0.5) is 11.4 Å². The molecule has 0 saturated carbocycles. The van der Waals surface area contributed by atoms with Gasteiger partial charge in [-0.05, 0) is 138 Å². The van der Waals surface area contributed by atoms with Gasteiger partial charge in [0.1, 0.15) is 24.1 Å². The lowest BCUT2D eigenvalue weighted by Gasteiger charge is -2.45. The number of para-hydroxylation sites is 2. The zero-order chi connectivity index (χ0) is 100. The van der Waals surface area contributed by atoms with E-state index in [0.29, 0.717) is 32.2 Å². The molecule has 124 heavy (non-hydrogen) atoms. The third kappa shape index (κ3) is 41.6. The van der Waals surface area contributed by atoms with Gasteiger partial charge in [-0.25, -0.2) is 0 Å². The molecule has 4 nitrogen and oxygen atoms in total. The van der Waals surface area contributed by atoms with E-state index in [1.54, 1.807) is 15.6 Å². The molecule has 0 radical (unpaired) electrons. The summed E-state index contributed by atoms with van der Waals surface area (Å²) in [7, 11) is 4.77. The monoisotopic (exact) mass is 1840 g/mol. The van der Waals surface area contributed by atoms with E-state index in [1.165, 1.54) is 59.3 Å². The molecule has 0 N–H and O–H groups in total. The molecule has 0 aliphatic rings. The van der Waals surface area contributed by atoms with E-state index in [1.807, 2.05) is 31.7 Å². The van der Waals surface area contributed by atoms with Crippen LogP contribution < -0.4 is 25.4 Å². The molecule has 0 aromatic heterocycles. The Balaban J connectivity index is -0.00000138. The highest BCUT2D eigenvalue weighted by Gasteiger charge is 2.49. The van der Waals surface area contributed by atoms with Crippen molar-refractivity contribution in [1.29, 1.82) is 0 Å². The second kappa shape index (κ2) is 52.8. The quantitative estimate of drug-likeness (QED) is 0.0663. The zero-order valence-electron chi connectivity index (χ0n) is 94.6. The third-order valence-corrected chi connectivity index (χ3v) is 74.2. The fourth-order valence-electron chi connectivity index (χ4n) is 13.7. The third-order valence-electron chi connectivity index (χ3n) is 28.7. The summed E-state index contributed by atoms with van der Waals surface area (Å²) in [6, 6.07) is 72.6. The Bertz CT molecular complexity index is 3860. The highest BCUT2D eigenvalue weighted by molar-refractivity contribution is 8.01. The van der Waals surface area contributed by atoms with Crippen molar-refractivity contribution in [1.82, 2.24) is 9.13 Å². The van der Waals surface area contributed by atoms with E-state index in [0.717, 1.165) is 12.8 Å². The van der Waals surface area contributed by atoms with Gasteiger partial charge in [0.15, 0.2) is 0 Å². The van der Waals surface area contributed by atoms with E-state index in [2.05, 4.69) is 553 Å². The first-order valence-electron chi connectivity index (χ1n) is 49.1. The Kier molecular flexibility index (Phi) is 50.3. The standard InChI is InChI=1S/C21H24Si2.C17H29N.C17H22Si.C12H26.C11H17N.C10H22.C8H18S.C6H18Si2.2C5H15NSi/c1-22(2,19-13-7-4-8-14-19)23(3,20-15-9-5-10-16-20)21-17-11-6-12-18-21;1-12(2)14-10-9-11-15(13(3)4)16(14)18(8)17(5,6)7;1-17(18(2,3)4,15-11-7-5-8-12-15)16-13-9-6-10-14-16;1-7-11(5,8-2)12(6,9-3)10-4;1-11(2,3)12(4)10-8-6-5-7-9-10;1-7-10(6,8-2)9(3,4)5;1-7(2,3)9-8(4,5)6;1-7(2,3)8(4,5)6;2*1-6(2)7(3,4)5/h4-18H,1-3H3;9-13H,1-8H3;5-14H,1-4H3;7-10H2,1-6H3;5-9H,1-4H3;7-8H2,1-6H3;1-6H3;1-6H3;2*1-5H3/i;;;;;3D3;;;;. The normalized spacial score (nSPS) is 13.2. The molecule has 7 rings (SSSR count). The van der Waals surface area contributed by atoms with E-state index in [4.69, 9.17) is 4.11 Å². The smallest absolute Gasteiger partial charge is 0.118 e. The molecule has 0 spiro atoms. The van der Waals surface area contributed by atoms with Gasteiger partial charge in [-0.15, -0.1) is 0 Å². The molecular formula is C112H206N4SSi7. The molecule has 0 aliphatic carbocycles. The van der Waals surface area contributed by atoms with Crippen LogP contribution in [-0.4, -0.2) is 127 Å². The van der Waals surface area contributed by atoms with Crippen LogP contribution in [-0.2, 0) is 5.04 Å². The maximum absolute atomic E-state index is 7.53. The number of thioether (sulfide) groups is 1. The van der Waals surface area contributed by atoms with Crippen LogP contribution in [0.2, 0.25) is 118 Å². The summed E-state index contributed by atoms with van der Waals surface area (Å²) < 4.78 is 28.0. The summed E-state index contributed by atoms with van der Waals surface area (Å²) in [5.41, 5.74) is 9.20. The second-order valence-corrected chi connectivity index (χ2v) is 97.8. The molecule has 7 aromatic carbocycles. The Morgan fingerprint density at radius 3 is 0.742 bits per heavy atom. The van der Waals surface area contributed by atoms with Gasteiger partial charge < -0.3 is 18.9 Å². The molecule has 0 atom stereocenters. The van der Waals surface area contributed by atoms with Gasteiger partial charge in [-0.2, -0.15) is 11.8 Å². The van der Waals surface area contributed by atoms with Crippen molar-refractivity contribution in [3.8, 4) is 0 Å². The molecule has 708 valence electrons. The molecule has 7 aromatic rings. The SMILES string of the molecule is CC(C)(C)SC(C)(C)C.CC(C)c1cccc(C(C)C)c1N(C)C(C)(C)C.CC(c1ccccc1)(c1ccccc1)[Si](C)(C)C.CCC(C)(CC)C(C)(CC)CC.CN(C)[Si](C)(C)C.CN(C)[Si](C)(C)C.CN(c1ccccc1)C(C)(C)C.C[Si](C)(C)[Si](C)(C)C.C[Si](C)(c1ccccc1)[Si](C)(c1ccccc1)c1ccccc1.[2H]C([2H])([2H])C(C)(C)C(C)(CC)CC. The Morgan fingerprint density at radius 2 is 0.556 bits per heavy atom. The van der Waals surface area contributed by atoms with Gasteiger partial charge in [-0.3, -0.25) is 0 Å². The zero-order valence-corrected chi connectivity index (χ0v) is 99.5. The summed E-state index contributed by atoms with van der Waals surface area (Å²) in [6.45, 7) is 105. The first-order chi connectivity index (χ1) is 57.2. The molecule has 0 fully saturated rings. The predicted octanol–water partition coefficient (Wildman–Crippen LogP) is 33.9. The van der Waals surface area contributed by atoms with Crippen LogP contribution in [0.25, 0.3) is 0 Å². The number of anilines is 2. The van der Waals surface area contributed by atoms with Gasteiger partial charge in [0.05, 0.1) is 15.7 Å². The lowest BCUT2D eigenvalue weighted by atomic mass is 9.60. The lowest BCUT2D eigenvalue weighted by molar-refractivity contribution is 0.0500. The molecule has 0 bridgehead atoms. The van der Waals surface area contributed by atoms with Crippen LogP contribution in [0.3, 0.4) is 0 Å². The maximum Gasteiger partial charge on any atom is 0.118 e. The van der Waals surface area contributed by atoms with Gasteiger partial charge >= 0.3 is 0 Å². The summed E-state index contributed by atoms with van der Waals surface area (Å²) in [5, 5.41) is 4.82. The molecule has 0 unspecified atom stereocenters. The van der Waals surface area contributed by atoms with Gasteiger partial charge in [0, 0.05) is 70.4 Å². The molecule has 0 heterocycles. The van der Waals surface area contributed by atoms with E-state index < -0.39 is 67.2 Å². The van der Waals surface area contributed by atoms with Crippen molar-refractivity contribution >= 4 is 93.6 Å². The average Bonchev–Trinajstić information content (AvgIpc) is 0.736. The second-order valence-electron chi connectivity index (χ2n) is 47.2. The summed E-state index contributed by atoms with van der Waals surface area (Å²) >= 11 is 2.01. The van der Waals surface area contributed by atoms with E-state index >= 15 is 0 Å². The topological polar surface area (TPSA) is 13.0 Å². The van der Waals surface area contributed by atoms with Crippen molar-refractivity contribution in [2.24, 2.45) is 21.7 Å². The first-order valence-corrected chi connectivity index (χ1v) is 73.4. The number of benzene rings is 7. The van der Waals surface area contributed by atoms with Crippen molar-refractivity contribution in [2.75, 3.05) is 52.1 Å². The molecule has 0 amide bonds. The maximum atomic E-state index is 7.53. The number of nitrogens with zero attached hydrogens (tertiary/aromatic N) is 4. The van der Waals surface area contributed by atoms with Crippen LogP contribution in [0, 0.1) is 21.7 Å². The van der Waals surface area contributed by atoms with Crippen molar-refractivity contribution in [3.05, 3.63) is 222 Å².